The standard InChI is InChI=1S/C21H24N8O2/c1-28(14-6-3-2-4-7-14)21-25-17(24-20(22)26-21)18-23-19(31-27-18)15-8-5-11-29(15)16(30)12-13-9-10-13/h2-4,6-7,13,15H,5,8-12H2,1H3,(H2,22,24,25,26)/t15-/m1/s1. The first-order valence-electron chi connectivity index (χ1n) is 10.5. The zero-order chi connectivity index (χ0) is 21.4. The monoisotopic (exact) mass is 420 g/mol. The van der Waals surface area contributed by atoms with Gasteiger partial charge in [-0.1, -0.05) is 23.4 Å². The summed E-state index contributed by atoms with van der Waals surface area (Å²) in [6.07, 6.45) is 4.63. The lowest BCUT2D eigenvalue weighted by molar-refractivity contribution is -0.132. The van der Waals surface area contributed by atoms with Crippen LogP contribution in [0.1, 0.15) is 44.0 Å². The number of carbonyl (C=O) groups excluding carboxylic acids is 1. The Bertz CT molecular complexity index is 1080. The molecule has 0 spiro atoms. The van der Waals surface area contributed by atoms with Crippen molar-refractivity contribution in [2.24, 2.45) is 5.92 Å². The molecule has 1 amide bonds. The van der Waals surface area contributed by atoms with Gasteiger partial charge in [0.2, 0.25) is 35.3 Å². The third-order valence-corrected chi connectivity index (χ3v) is 5.74. The van der Waals surface area contributed by atoms with Crippen molar-refractivity contribution in [2.75, 3.05) is 24.2 Å². The van der Waals surface area contributed by atoms with E-state index >= 15 is 0 Å². The molecule has 1 aromatic carbocycles. The van der Waals surface area contributed by atoms with Crippen LogP contribution in [-0.4, -0.2) is 49.5 Å². The van der Waals surface area contributed by atoms with Gasteiger partial charge in [0.15, 0.2) is 0 Å². The number of anilines is 3. The SMILES string of the molecule is CN(c1ccccc1)c1nc(N)nc(-c2noc([C@H]3CCCN3C(=O)CC3CC3)n2)n1. The fraction of sp³-hybridized carbons (Fsp3) is 0.429. The van der Waals surface area contributed by atoms with Crippen molar-refractivity contribution in [1.82, 2.24) is 30.0 Å². The quantitative estimate of drug-likeness (QED) is 0.640. The van der Waals surface area contributed by atoms with Crippen molar-refractivity contribution >= 4 is 23.5 Å². The van der Waals surface area contributed by atoms with Gasteiger partial charge in [-0.15, -0.1) is 0 Å². The van der Waals surface area contributed by atoms with E-state index in [9.17, 15) is 4.79 Å². The Labute approximate surface area is 179 Å². The second-order valence-corrected chi connectivity index (χ2v) is 8.06. The maximum Gasteiger partial charge on any atom is 0.249 e. The van der Waals surface area contributed by atoms with Crippen LogP contribution in [0.3, 0.4) is 0 Å². The zero-order valence-corrected chi connectivity index (χ0v) is 17.3. The lowest BCUT2D eigenvalue weighted by Gasteiger charge is -2.21. The molecule has 0 bridgehead atoms. The van der Waals surface area contributed by atoms with Crippen molar-refractivity contribution in [2.45, 2.75) is 38.1 Å². The molecule has 0 unspecified atom stereocenters. The van der Waals surface area contributed by atoms with Gasteiger partial charge in [-0.3, -0.25) is 4.79 Å². The van der Waals surface area contributed by atoms with E-state index in [1.54, 1.807) is 4.90 Å². The van der Waals surface area contributed by atoms with Crippen molar-refractivity contribution < 1.29 is 9.32 Å². The van der Waals surface area contributed by atoms with Crippen LogP contribution in [0, 0.1) is 5.92 Å². The molecule has 1 atom stereocenters. The molecule has 1 aliphatic heterocycles. The van der Waals surface area contributed by atoms with Gasteiger partial charge in [-0.25, -0.2) is 0 Å². The van der Waals surface area contributed by atoms with Gasteiger partial charge in [0.05, 0.1) is 0 Å². The molecule has 31 heavy (non-hydrogen) atoms. The van der Waals surface area contributed by atoms with E-state index in [1.807, 2.05) is 42.3 Å². The molecule has 1 saturated heterocycles. The number of hydrogen-bond donors (Lipinski definition) is 1. The van der Waals surface area contributed by atoms with Gasteiger partial charge in [0.1, 0.15) is 6.04 Å². The number of nitrogens with zero attached hydrogens (tertiary/aromatic N) is 7. The van der Waals surface area contributed by atoms with Crippen LogP contribution >= 0.6 is 0 Å². The molecule has 2 N–H and O–H groups in total. The van der Waals surface area contributed by atoms with Crippen LogP contribution < -0.4 is 10.6 Å². The summed E-state index contributed by atoms with van der Waals surface area (Å²) in [5.74, 6) is 2.02. The molecular formula is C21H24N8O2. The number of aromatic nitrogens is 5. The van der Waals surface area contributed by atoms with Crippen LogP contribution in [0.2, 0.25) is 0 Å². The van der Waals surface area contributed by atoms with Gasteiger partial charge in [-0.05, 0) is 43.7 Å². The topological polar surface area (TPSA) is 127 Å². The molecule has 2 aromatic heterocycles. The van der Waals surface area contributed by atoms with Crippen LogP contribution in [0.25, 0.3) is 11.6 Å². The molecule has 3 heterocycles. The lowest BCUT2D eigenvalue weighted by Crippen LogP contribution is -2.30. The number of likely N-dealkylation sites (tertiary alicyclic amines) is 1. The molecule has 3 aromatic rings. The maximum absolute atomic E-state index is 12.6. The van der Waals surface area contributed by atoms with E-state index < -0.39 is 0 Å². The van der Waals surface area contributed by atoms with Gasteiger partial charge in [0, 0.05) is 25.7 Å². The molecule has 0 radical (unpaired) electrons. The van der Waals surface area contributed by atoms with Crippen LogP contribution in [0.15, 0.2) is 34.9 Å². The summed E-state index contributed by atoms with van der Waals surface area (Å²) in [6.45, 7) is 0.721. The van der Waals surface area contributed by atoms with E-state index in [0.29, 0.717) is 24.2 Å². The number of para-hydroxylation sites is 1. The van der Waals surface area contributed by atoms with Crippen molar-refractivity contribution in [3.63, 3.8) is 0 Å². The fourth-order valence-corrected chi connectivity index (χ4v) is 3.87. The Morgan fingerprint density at radius 3 is 2.71 bits per heavy atom. The van der Waals surface area contributed by atoms with E-state index in [-0.39, 0.29) is 29.5 Å². The molecule has 1 saturated carbocycles. The summed E-state index contributed by atoms with van der Waals surface area (Å²) in [5.41, 5.74) is 6.83. The van der Waals surface area contributed by atoms with Crippen molar-refractivity contribution in [1.29, 1.82) is 0 Å². The second-order valence-electron chi connectivity index (χ2n) is 8.06. The van der Waals surface area contributed by atoms with Crippen LogP contribution in [0.5, 0.6) is 0 Å². The van der Waals surface area contributed by atoms with Crippen LogP contribution in [-0.2, 0) is 4.79 Å². The highest BCUT2D eigenvalue weighted by Crippen LogP contribution is 2.37. The number of nitrogen functional groups attached to an aromatic ring is 1. The minimum absolute atomic E-state index is 0.0660. The Kier molecular flexibility index (Phi) is 4.97. The average Bonchev–Trinajstić information content (AvgIpc) is 3.26. The summed E-state index contributed by atoms with van der Waals surface area (Å²) in [7, 11) is 1.84. The molecule has 2 fully saturated rings. The van der Waals surface area contributed by atoms with Crippen molar-refractivity contribution in [3.05, 3.63) is 36.2 Å². The summed E-state index contributed by atoms with van der Waals surface area (Å²) in [5, 5.41) is 4.06. The van der Waals surface area contributed by atoms with E-state index in [2.05, 4.69) is 25.1 Å². The number of benzene rings is 1. The molecule has 2 aliphatic rings. The highest BCUT2D eigenvalue weighted by Gasteiger charge is 2.36. The molecule has 10 heteroatoms. The number of rotatable bonds is 6. The smallest absolute Gasteiger partial charge is 0.249 e. The first kappa shape index (κ1) is 19.4. The summed E-state index contributed by atoms with van der Waals surface area (Å²) >= 11 is 0. The molecular weight excluding hydrogens is 396 g/mol. The summed E-state index contributed by atoms with van der Waals surface area (Å²) < 4.78 is 5.52. The highest BCUT2D eigenvalue weighted by atomic mass is 16.5. The Morgan fingerprint density at radius 1 is 1.13 bits per heavy atom. The predicted molar refractivity (Wildman–Crippen MR) is 113 cm³/mol. The number of amides is 1. The van der Waals surface area contributed by atoms with E-state index in [0.717, 1.165) is 37.9 Å². The average molecular weight is 420 g/mol. The van der Waals surface area contributed by atoms with Gasteiger partial charge >= 0.3 is 0 Å². The molecule has 5 rings (SSSR count). The Hall–Kier alpha value is -3.56. The number of nitrogens with two attached hydrogens (primary N) is 1. The number of hydrogen-bond acceptors (Lipinski definition) is 9. The molecule has 10 nitrogen and oxygen atoms in total. The van der Waals surface area contributed by atoms with E-state index in [4.69, 9.17) is 10.3 Å². The maximum atomic E-state index is 12.6. The largest absolute Gasteiger partial charge is 0.368 e. The zero-order valence-electron chi connectivity index (χ0n) is 17.3. The predicted octanol–water partition coefficient (Wildman–Crippen LogP) is 2.74. The molecule has 160 valence electrons. The van der Waals surface area contributed by atoms with Gasteiger partial charge in [0.25, 0.3) is 0 Å². The minimum Gasteiger partial charge on any atom is -0.368 e. The summed E-state index contributed by atoms with van der Waals surface area (Å²) in [6, 6.07) is 9.49. The van der Waals surface area contributed by atoms with Crippen molar-refractivity contribution in [3.8, 4) is 11.6 Å². The van der Waals surface area contributed by atoms with Crippen LogP contribution in [0.4, 0.5) is 17.6 Å². The third kappa shape index (κ3) is 4.05. The second kappa shape index (κ2) is 7.93. The number of carbonyl (C=O) groups is 1. The highest BCUT2D eigenvalue weighted by molar-refractivity contribution is 5.77. The van der Waals surface area contributed by atoms with Gasteiger partial charge < -0.3 is 20.1 Å². The normalized spacial score (nSPS) is 18.4. The lowest BCUT2D eigenvalue weighted by atomic mass is 10.2. The van der Waals surface area contributed by atoms with Gasteiger partial charge in [-0.2, -0.15) is 19.9 Å². The summed E-state index contributed by atoms with van der Waals surface area (Å²) in [4.78, 5) is 33.7. The Balaban J connectivity index is 1.39. The minimum atomic E-state index is -0.196. The first-order chi connectivity index (χ1) is 15.1. The third-order valence-electron chi connectivity index (χ3n) is 5.74. The molecule has 1 aliphatic carbocycles. The fourth-order valence-electron chi connectivity index (χ4n) is 3.87. The van der Waals surface area contributed by atoms with E-state index in [1.165, 1.54) is 0 Å². The first-order valence-corrected chi connectivity index (χ1v) is 10.5. The Morgan fingerprint density at radius 2 is 1.94 bits per heavy atom.